The van der Waals surface area contributed by atoms with E-state index in [1.165, 1.54) is 18.5 Å². The summed E-state index contributed by atoms with van der Waals surface area (Å²) in [6.45, 7) is 0.515. The van der Waals surface area contributed by atoms with Crippen molar-refractivity contribution in [1.29, 1.82) is 0 Å². The lowest BCUT2D eigenvalue weighted by atomic mass is 10.1. The number of fused-ring (bicyclic) bond motifs is 1. The molecule has 4 rings (SSSR count). The molecule has 6 nitrogen and oxygen atoms in total. The third-order valence-corrected chi connectivity index (χ3v) is 4.23. The van der Waals surface area contributed by atoms with Crippen molar-refractivity contribution in [2.75, 3.05) is 6.54 Å². The summed E-state index contributed by atoms with van der Waals surface area (Å²) >= 11 is 0. The second-order valence-electron chi connectivity index (χ2n) is 5.90. The fourth-order valence-electron chi connectivity index (χ4n) is 2.96. The minimum Gasteiger partial charge on any atom is -0.347 e. The lowest BCUT2D eigenvalue weighted by molar-refractivity contribution is -0.128. The molecule has 2 N–H and O–H groups in total. The molecule has 1 unspecified atom stereocenters. The third-order valence-electron chi connectivity index (χ3n) is 4.23. The molecule has 2 aliphatic rings. The van der Waals surface area contributed by atoms with Gasteiger partial charge in [0.1, 0.15) is 5.82 Å². The SMILES string of the molecule is O=C(NC1CC(=O)N(C2CC2)C1)c1cc2nc[nH]c2cc1F. The van der Waals surface area contributed by atoms with Gasteiger partial charge in [0.2, 0.25) is 5.91 Å². The molecule has 0 bridgehead atoms. The van der Waals surface area contributed by atoms with E-state index < -0.39 is 11.7 Å². The highest BCUT2D eigenvalue weighted by Gasteiger charge is 2.39. The Labute approximate surface area is 125 Å². The molecule has 2 heterocycles. The van der Waals surface area contributed by atoms with Gasteiger partial charge in [0, 0.05) is 25.1 Å². The average molecular weight is 302 g/mol. The maximum absolute atomic E-state index is 14.0. The van der Waals surface area contributed by atoms with E-state index in [1.807, 2.05) is 4.90 Å². The monoisotopic (exact) mass is 302 g/mol. The fourth-order valence-corrected chi connectivity index (χ4v) is 2.96. The van der Waals surface area contributed by atoms with Gasteiger partial charge in [-0.05, 0) is 18.9 Å². The van der Waals surface area contributed by atoms with Crippen LogP contribution in [-0.4, -0.2) is 45.3 Å². The Balaban J connectivity index is 1.51. The number of hydrogen-bond donors (Lipinski definition) is 2. The molecule has 7 heteroatoms. The molecule has 1 aromatic heterocycles. The third kappa shape index (κ3) is 2.22. The highest BCUT2D eigenvalue weighted by molar-refractivity contribution is 5.98. The zero-order valence-electron chi connectivity index (χ0n) is 11.8. The van der Waals surface area contributed by atoms with Crippen molar-refractivity contribution in [3.05, 3.63) is 29.8 Å². The van der Waals surface area contributed by atoms with E-state index in [2.05, 4.69) is 15.3 Å². The van der Waals surface area contributed by atoms with Crippen LogP contribution in [0.4, 0.5) is 4.39 Å². The lowest BCUT2D eigenvalue weighted by Gasteiger charge is -2.16. The van der Waals surface area contributed by atoms with Crippen molar-refractivity contribution in [2.24, 2.45) is 0 Å². The molecule has 1 saturated heterocycles. The van der Waals surface area contributed by atoms with E-state index in [0.29, 0.717) is 23.6 Å². The van der Waals surface area contributed by atoms with Gasteiger partial charge in [0.15, 0.2) is 0 Å². The highest BCUT2D eigenvalue weighted by atomic mass is 19.1. The van der Waals surface area contributed by atoms with E-state index in [9.17, 15) is 14.0 Å². The quantitative estimate of drug-likeness (QED) is 0.894. The van der Waals surface area contributed by atoms with Crippen molar-refractivity contribution < 1.29 is 14.0 Å². The Bertz CT molecular complexity index is 768. The summed E-state index contributed by atoms with van der Waals surface area (Å²) < 4.78 is 14.0. The number of H-pyrrole nitrogens is 1. The molecule has 0 spiro atoms. The first-order chi connectivity index (χ1) is 10.6. The van der Waals surface area contributed by atoms with Crippen LogP contribution < -0.4 is 5.32 Å². The normalized spacial score (nSPS) is 21.6. The Kier molecular flexibility index (Phi) is 2.88. The Morgan fingerprint density at radius 1 is 1.41 bits per heavy atom. The van der Waals surface area contributed by atoms with E-state index >= 15 is 0 Å². The molecule has 2 amide bonds. The second-order valence-corrected chi connectivity index (χ2v) is 5.90. The molecule has 114 valence electrons. The standard InChI is InChI=1S/C15H15FN4O2/c16-11-5-13-12(17-7-18-13)4-10(11)15(22)19-8-3-14(21)20(6-8)9-1-2-9/h4-5,7-9H,1-3,6H2,(H,17,18)(H,19,22). The minimum atomic E-state index is -0.599. The maximum Gasteiger partial charge on any atom is 0.254 e. The molecule has 1 atom stereocenters. The van der Waals surface area contributed by atoms with E-state index in [4.69, 9.17) is 0 Å². The second kappa shape index (κ2) is 4.79. The largest absolute Gasteiger partial charge is 0.347 e. The predicted octanol–water partition coefficient (Wildman–Crippen LogP) is 1.20. The van der Waals surface area contributed by atoms with Crippen LogP contribution in [0, 0.1) is 5.82 Å². The molecule has 1 saturated carbocycles. The summed E-state index contributed by atoms with van der Waals surface area (Å²) in [5.41, 5.74) is 1.04. The van der Waals surface area contributed by atoms with Crippen molar-refractivity contribution >= 4 is 22.8 Å². The molecule has 1 aromatic carbocycles. The summed E-state index contributed by atoms with van der Waals surface area (Å²) in [7, 11) is 0. The number of benzene rings is 1. The summed E-state index contributed by atoms with van der Waals surface area (Å²) in [4.78, 5) is 32.8. The van der Waals surface area contributed by atoms with Gasteiger partial charge in [-0.3, -0.25) is 9.59 Å². The first-order valence-electron chi connectivity index (χ1n) is 7.35. The van der Waals surface area contributed by atoms with E-state index in [-0.39, 0.29) is 23.9 Å². The molecular formula is C15H15FN4O2. The average Bonchev–Trinajstić information content (AvgIpc) is 3.11. The number of aromatic amines is 1. The van der Waals surface area contributed by atoms with Gasteiger partial charge in [-0.15, -0.1) is 0 Å². The molecule has 0 radical (unpaired) electrons. The highest BCUT2D eigenvalue weighted by Crippen LogP contribution is 2.30. The van der Waals surface area contributed by atoms with Crippen LogP contribution in [0.15, 0.2) is 18.5 Å². The van der Waals surface area contributed by atoms with Crippen LogP contribution in [0.1, 0.15) is 29.6 Å². The van der Waals surface area contributed by atoms with Gasteiger partial charge in [-0.1, -0.05) is 0 Å². The number of rotatable bonds is 3. The number of aromatic nitrogens is 2. The summed E-state index contributed by atoms with van der Waals surface area (Å²) in [6, 6.07) is 2.76. The van der Waals surface area contributed by atoms with Gasteiger partial charge in [-0.25, -0.2) is 9.37 Å². The number of nitrogens with zero attached hydrogens (tertiary/aromatic N) is 2. The summed E-state index contributed by atoms with van der Waals surface area (Å²) in [5, 5.41) is 2.76. The number of hydrogen-bond acceptors (Lipinski definition) is 3. The van der Waals surface area contributed by atoms with Crippen molar-refractivity contribution in [1.82, 2.24) is 20.2 Å². The number of amides is 2. The molecule has 1 aliphatic heterocycles. The number of carbonyl (C=O) groups excluding carboxylic acids is 2. The van der Waals surface area contributed by atoms with E-state index in [0.717, 1.165) is 12.8 Å². The smallest absolute Gasteiger partial charge is 0.254 e. The first kappa shape index (κ1) is 13.2. The van der Waals surface area contributed by atoms with Gasteiger partial charge < -0.3 is 15.2 Å². The van der Waals surface area contributed by atoms with Crippen LogP contribution in [0.25, 0.3) is 11.0 Å². The number of likely N-dealkylation sites (tertiary alicyclic amines) is 1. The number of nitrogens with one attached hydrogen (secondary N) is 2. The lowest BCUT2D eigenvalue weighted by Crippen LogP contribution is -2.38. The van der Waals surface area contributed by atoms with Gasteiger partial charge in [0.25, 0.3) is 5.91 Å². The number of carbonyl (C=O) groups is 2. The maximum atomic E-state index is 14.0. The topological polar surface area (TPSA) is 78.1 Å². The van der Waals surface area contributed by atoms with Crippen LogP contribution in [0.2, 0.25) is 0 Å². The Morgan fingerprint density at radius 3 is 3.00 bits per heavy atom. The summed E-state index contributed by atoms with van der Waals surface area (Å²) in [5.74, 6) is -1.04. The first-order valence-corrected chi connectivity index (χ1v) is 7.35. The van der Waals surface area contributed by atoms with Crippen molar-refractivity contribution in [3.8, 4) is 0 Å². The van der Waals surface area contributed by atoms with Crippen molar-refractivity contribution in [2.45, 2.75) is 31.3 Å². The molecule has 1 aliphatic carbocycles. The van der Waals surface area contributed by atoms with Gasteiger partial charge >= 0.3 is 0 Å². The molecule has 22 heavy (non-hydrogen) atoms. The zero-order chi connectivity index (χ0) is 15.3. The van der Waals surface area contributed by atoms with Crippen LogP contribution >= 0.6 is 0 Å². The minimum absolute atomic E-state index is 0.0445. The fraction of sp³-hybridized carbons (Fsp3) is 0.400. The summed E-state index contributed by atoms with van der Waals surface area (Å²) in [6.07, 6.45) is 3.82. The zero-order valence-corrected chi connectivity index (χ0v) is 11.8. The molecular weight excluding hydrogens is 287 g/mol. The van der Waals surface area contributed by atoms with E-state index in [1.54, 1.807) is 0 Å². The predicted molar refractivity (Wildman–Crippen MR) is 76.7 cm³/mol. The molecule has 2 fully saturated rings. The van der Waals surface area contributed by atoms with Gasteiger partial charge in [-0.2, -0.15) is 0 Å². The Morgan fingerprint density at radius 2 is 2.23 bits per heavy atom. The number of imidazole rings is 1. The van der Waals surface area contributed by atoms with Crippen LogP contribution in [0.5, 0.6) is 0 Å². The van der Waals surface area contributed by atoms with Crippen molar-refractivity contribution in [3.63, 3.8) is 0 Å². The Hall–Kier alpha value is -2.44. The van der Waals surface area contributed by atoms with Gasteiger partial charge in [0.05, 0.1) is 29.0 Å². The van der Waals surface area contributed by atoms with Crippen LogP contribution in [-0.2, 0) is 4.79 Å². The van der Waals surface area contributed by atoms with Crippen LogP contribution in [0.3, 0.4) is 0 Å². The molecule has 2 aromatic rings. The number of halogens is 1.